The number of benzene rings is 2. The molecule has 0 aliphatic carbocycles. The van der Waals surface area contributed by atoms with E-state index in [0.717, 1.165) is 61.0 Å². The SMILES string of the molecule is Cc1ccc(CN(C)C2=C(c3cccc(OCCN4CCOCC4)c3)CCN3C(=O)N(C)C(=O)C23)cc1. The number of rotatable bonds is 8. The molecule has 8 heteroatoms. The van der Waals surface area contributed by atoms with E-state index in [1.807, 2.05) is 19.2 Å². The Morgan fingerprint density at radius 3 is 2.57 bits per heavy atom. The fraction of sp³-hybridized carbons (Fsp3) is 0.448. The Labute approximate surface area is 219 Å². The number of carbonyl (C=O) groups excluding carboxylic acids is 2. The highest BCUT2D eigenvalue weighted by atomic mass is 16.5. The van der Waals surface area contributed by atoms with Gasteiger partial charge in [-0.2, -0.15) is 0 Å². The lowest BCUT2D eigenvalue weighted by molar-refractivity contribution is -0.127. The molecule has 0 aromatic heterocycles. The maximum atomic E-state index is 13.3. The summed E-state index contributed by atoms with van der Waals surface area (Å²) in [6.45, 7) is 8.12. The molecule has 5 rings (SSSR count). The highest BCUT2D eigenvalue weighted by molar-refractivity contribution is 6.07. The molecular formula is C29H36N4O4. The Balaban J connectivity index is 1.42. The van der Waals surface area contributed by atoms with Gasteiger partial charge in [0, 0.05) is 46.8 Å². The van der Waals surface area contributed by atoms with Crippen LogP contribution < -0.4 is 4.74 Å². The monoisotopic (exact) mass is 504 g/mol. The molecule has 0 spiro atoms. The molecule has 3 aliphatic heterocycles. The van der Waals surface area contributed by atoms with Gasteiger partial charge in [0.1, 0.15) is 12.4 Å². The molecule has 2 aromatic carbocycles. The summed E-state index contributed by atoms with van der Waals surface area (Å²) in [5.41, 5.74) is 5.37. The lowest BCUT2D eigenvalue weighted by Gasteiger charge is -2.37. The van der Waals surface area contributed by atoms with E-state index >= 15 is 0 Å². The number of fused-ring (bicyclic) bond motifs is 1. The summed E-state index contributed by atoms with van der Waals surface area (Å²) >= 11 is 0. The van der Waals surface area contributed by atoms with E-state index in [4.69, 9.17) is 9.47 Å². The van der Waals surface area contributed by atoms with Crippen molar-refractivity contribution in [3.63, 3.8) is 0 Å². The van der Waals surface area contributed by atoms with E-state index in [1.54, 1.807) is 11.9 Å². The minimum absolute atomic E-state index is 0.175. The van der Waals surface area contributed by atoms with Gasteiger partial charge in [0.2, 0.25) is 0 Å². The topological polar surface area (TPSA) is 65.6 Å². The molecule has 2 saturated heterocycles. The van der Waals surface area contributed by atoms with Crippen LogP contribution in [0.25, 0.3) is 5.57 Å². The summed E-state index contributed by atoms with van der Waals surface area (Å²) < 4.78 is 11.6. The van der Waals surface area contributed by atoms with Gasteiger partial charge in [-0.3, -0.25) is 14.6 Å². The molecule has 1 unspecified atom stereocenters. The number of aryl methyl sites for hydroxylation is 1. The number of hydrogen-bond acceptors (Lipinski definition) is 6. The third-order valence-corrected chi connectivity index (χ3v) is 7.49. The summed E-state index contributed by atoms with van der Waals surface area (Å²) in [7, 11) is 3.58. The van der Waals surface area contributed by atoms with E-state index in [0.29, 0.717) is 26.1 Å². The van der Waals surface area contributed by atoms with Gasteiger partial charge in [0.25, 0.3) is 5.91 Å². The molecule has 0 bridgehead atoms. The molecule has 8 nitrogen and oxygen atoms in total. The van der Waals surface area contributed by atoms with Crippen LogP contribution in [0.2, 0.25) is 0 Å². The van der Waals surface area contributed by atoms with Crippen LogP contribution in [0.15, 0.2) is 54.2 Å². The molecule has 3 aliphatic rings. The second kappa shape index (κ2) is 10.9. The molecule has 2 fully saturated rings. The van der Waals surface area contributed by atoms with Gasteiger partial charge in [-0.15, -0.1) is 0 Å². The predicted molar refractivity (Wildman–Crippen MR) is 142 cm³/mol. The summed E-state index contributed by atoms with van der Waals surface area (Å²) in [5.74, 6) is 0.637. The maximum Gasteiger partial charge on any atom is 0.327 e. The van der Waals surface area contributed by atoms with Gasteiger partial charge in [0.15, 0.2) is 6.04 Å². The zero-order valence-corrected chi connectivity index (χ0v) is 22.0. The minimum Gasteiger partial charge on any atom is -0.492 e. The van der Waals surface area contributed by atoms with Crippen molar-refractivity contribution in [2.75, 3.05) is 60.1 Å². The molecule has 3 amide bonds. The quantitative estimate of drug-likeness (QED) is 0.515. The highest BCUT2D eigenvalue weighted by Crippen LogP contribution is 2.38. The molecular weight excluding hydrogens is 468 g/mol. The van der Waals surface area contributed by atoms with Gasteiger partial charge in [-0.25, -0.2) is 4.79 Å². The number of imide groups is 1. The summed E-state index contributed by atoms with van der Waals surface area (Å²) in [4.78, 5) is 33.5. The van der Waals surface area contributed by atoms with Crippen LogP contribution in [0.1, 0.15) is 23.1 Å². The lowest BCUT2D eigenvalue weighted by Crippen LogP contribution is -2.45. The Morgan fingerprint density at radius 1 is 1.05 bits per heavy atom. The van der Waals surface area contributed by atoms with Gasteiger partial charge in [-0.05, 0) is 42.2 Å². The highest BCUT2D eigenvalue weighted by Gasteiger charge is 2.48. The zero-order valence-electron chi connectivity index (χ0n) is 22.0. The first-order valence-electron chi connectivity index (χ1n) is 13.0. The van der Waals surface area contributed by atoms with E-state index in [-0.39, 0.29) is 11.9 Å². The van der Waals surface area contributed by atoms with Gasteiger partial charge < -0.3 is 19.3 Å². The van der Waals surface area contributed by atoms with Gasteiger partial charge >= 0.3 is 6.03 Å². The zero-order chi connectivity index (χ0) is 25.9. The first kappa shape index (κ1) is 25.3. The van der Waals surface area contributed by atoms with Crippen LogP contribution in [0.5, 0.6) is 5.75 Å². The summed E-state index contributed by atoms with van der Waals surface area (Å²) in [6.07, 6.45) is 0.675. The number of likely N-dealkylation sites (N-methyl/N-ethyl adjacent to an activating group) is 2. The number of urea groups is 1. The predicted octanol–water partition coefficient (Wildman–Crippen LogP) is 3.22. The number of hydrogen-bond donors (Lipinski definition) is 0. The van der Waals surface area contributed by atoms with E-state index in [2.05, 4.69) is 53.1 Å². The van der Waals surface area contributed by atoms with Crippen LogP contribution in [-0.4, -0.2) is 97.7 Å². The van der Waals surface area contributed by atoms with Crippen molar-refractivity contribution in [2.24, 2.45) is 0 Å². The Kier molecular flexibility index (Phi) is 7.48. The third-order valence-electron chi connectivity index (χ3n) is 7.49. The molecule has 0 saturated carbocycles. The van der Waals surface area contributed by atoms with Crippen LogP contribution in [0, 0.1) is 6.92 Å². The largest absolute Gasteiger partial charge is 0.492 e. The second-order valence-corrected chi connectivity index (χ2v) is 10.1. The van der Waals surface area contributed by atoms with Crippen molar-refractivity contribution in [3.8, 4) is 5.75 Å². The Bertz CT molecular complexity index is 1170. The fourth-order valence-electron chi connectivity index (χ4n) is 5.40. The van der Waals surface area contributed by atoms with Crippen LogP contribution in [0.3, 0.4) is 0 Å². The number of nitrogens with zero attached hydrogens (tertiary/aromatic N) is 4. The van der Waals surface area contributed by atoms with E-state index in [1.165, 1.54) is 10.5 Å². The number of morpholine rings is 1. The molecule has 1 atom stereocenters. The standard InChI is InChI=1S/C29H36N4O4/c1-21-7-9-22(10-8-21)20-30(2)26-25(11-12-33-27(26)28(34)31(3)29(33)35)23-5-4-6-24(19-23)37-18-15-32-13-16-36-17-14-32/h4-10,19,27H,11-18,20H2,1-3H3. The first-order chi connectivity index (χ1) is 17.9. The van der Waals surface area contributed by atoms with E-state index < -0.39 is 6.04 Å². The normalized spacial score (nSPS) is 20.5. The number of ether oxygens (including phenoxy) is 2. The second-order valence-electron chi connectivity index (χ2n) is 10.1. The van der Waals surface area contributed by atoms with Crippen molar-refractivity contribution in [1.82, 2.24) is 19.6 Å². The van der Waals surface area contributed by atoms with Crippen LogP contribution in [0.4, 0.5) is 4.79 Å². The molecule has 2 aromatic rings. The molecule has 37 heavy (non-hydrogen) atoms. The van der Waals surface area contributed by atoms with Crippen molar-refractivity contribution in [2.45, 2.75) is 25.9 Å². The first-order valence-corrected chi connectivity index (χ1v) is 13.0. The van der Waals surface area contributed by atoms with Crippen molar-refractivity contribution < 1.29 is 19.1 Å². The Hall–Kier alpha value is -3.36. The smallest absolute Gasteiger partial charge is 0.327 e. The Morgan fingerprint density at radius 2 is 1.81 bits per heavy atom. The van der Waals surface area contributed by atoms with Crippen LogP contribution >= 0.6 is 0 Å². The minimum atomic E-state index is -0.609. The number of amides is 3. The molecule has 0 radical (unpaired) electrons. The average Bonchev–Trinajstić information content (AvgIpc) is 3.14. The van der Waals surface area contributed by atoms with Crippen molar-refractivity contribution in [1.29, 1.82) is 0 Å². The molecule has 0 N–H and O–H groups in total. The summed E-state index contributed by atoms with van der Waals surface area (Å²) in [5, 5.41) is 0. The van der Waals surface area contributed by atoms with Crippen molar-refractivity contribution in [3.05, 3.63) is 70.9 Å². The number of carbonyl (C=O) groups is 2. The van der Waals surface area contributed by atoms with Gasteiger partial charge in [0.05, 0.1) is 18.9 Å². The van der Waals surface area contributed by atoms with Crippen molar-refractivity contribution >= 4 is 17.5 Å². The lowest BCUT2D eigenvalue weighted by atomic mass is 9.91. The fourth-order valence-corrected chi connectivity index (χ4v) is 5.40. The molecule has 3 heterocycles. The maximum absolute atomic E-state index is 13.3. The van der Waals surface area contributed by atoms with E-state index in [9.17, 15) is 9.59 Å². The van der Waals surface area contributed by atoms with Gasteiger partial charge in [-0.1, -0.05) is 42.0 Å². The average molecular weight is 505 g/mol. The van der Waals surface area contributed by atoms with Crippen LogP contribution in [-0.2, 0) is 16.1 Å². The summed E-state index contributed by atoms with van der Waals surface area (Å²) in [6, 6.07) is 15.7. The molecule has 196 valence electrons. The third kappa shape index (κ3) is 5.36.